The molecule has 0 N–H and O–H groups in total. The Morgan fingerprint density at radius 3 is 1.28 bits per heavy atom. The monoisotopic (exact) mass is 1390 g/mol. The zero-order valence-electron chi connectivity index (χ0n) is 57.8. The number of hydrogen-bond donors (Lipinski definition) is 0. The van der Waals surface area contributed by atoms with Crippen LogP contribution in [0.3, 0.4) is 0 Å². The van der Waals surface area contributed by atoms with E-state index in [9.17, 15) is 0 Å². The maximum atomic E-state index is 7.39. The van der Waals surface area contributed by atoms with Gasteiger partial charge in [-0.1, -0.05) is 231 Å². The van der Waals surface area contributed by atoms with Gasteiger partial charge in [0.25, 0.3) is 0 Å². The minimum atomic E-state index is 0.560. The van der Waals surface area contributed by atoms with E-state index in [1.54, 1.807) is 0 Å². The van der Waals surface area contributed by atoms with Crippen LogP contribution in [-0.4, -0.2) is 42.4 Å². The predicted molar refractivity (Wildman–Crippen MR) is 448 cm³/mol. The first-order chi connectivity index (χ1) is 54.1. The largest absolute Gasteiger partial charge is 0.450 e. The van der Waals surface area contributed by atoms with E-state index in [2.05, 4.69) is 320 Å². The Kier molecular flexibility index (Phi) is 10.4. The van der Waals surface area contributed by atoms with E-state index in [1.807, 2.05) is 12.1 Å². The van der Waals surface area contributed by atoms with Crippen molar-refractivity contribution in [1.82, 2.24) is 42.4 Å². The topological polar surface area (TPSA) is 101 Å². The van der Waals surface area contributed by atoms with Gasteiger partial charge in [0, 0.05) is 103 Å². The van der Waals surface area contributed by atoms with Crippen LogP contribution in [0, 0.1) is 0 Å². The summed E-state index contributed by atoms with van der Waals surface area (Å²) in [7, 11) is 0. The van der Waals surface area contributed by atoms with Crippen LogP contribution < -0.4 is 0 Å². The second kappa shape index (κ2) is 20.1. The van der Waals surface area contributed by atoms with Crippen molar-refractivity contribution in [3.63, 3.8) is 0 Å². The van der Waals surface area contributed by atoms with Crippen LogP contribution in [0.2, 0.25) is 0 Å². The van der Waals surface area contributed by atoms with Gasteiger partial charge < -0.3 is 17.6 Å². The molecule has 0 fully saturated rings. The maximum absolute atomic E-state index is 7.39. The number of nitrogens with zero attached hydrogens (tertiary/aromatic N) is 9. The molecular formula is C98H51N9O2. The second-order valence-electron chi connectivity index (χ2n) is 29.5. The van der Waals surface area contributed by atoms with E-state index >= 15 is 0 Å². The lowest BCUT2D eigenvalue weighted by Crippen LogP contribution is -2.06. The molecule has 0 saturated carbocycles. The number of rotatable bonds is 5. The highest BCUT2D eigenvalue weighted by atomic mass is 16.3. The van der Waals surface area contributed by atoms with Gasteiger partial charge in [-0.05, 0) is 112 Å². The molecule has 0 aliphatic carbocycles. The Labute approximate surface area is 615 Å². The summed E-state index contributed by atoms with van der Waals surface area (Å²) in [5, 5.41) is 24.8. The van der Waals surface area contributed by atoms with Gasteiger partial charge in [0.1, 0.15) is 22.2 Å². The molecule has 0 spiro atoms. The Hall–Kier alpha value is -14.9. The lowest BCUT2D eigenvalue weighted by atomic mass is 9.98. The van der Waals surface area contributed by atoms with E-state index < -0.39 is 0 Å². The normalized spacial score (nSPS) is 12.8. The van der Waals surface area contributed by atoms with E-state index in [0.717, 1.165) is 169 Å². The Bertz CT molecular complexity index is 8790. The molecule has 0 amide bonds. The van der Waals surface area contributed by atoms with Crippen LogP contribution in [-0.2, 0) is 0 Å². The van der Waals surface area contributed by atoms with Crippen molar-refractivity contribution >= 4 is 218 Å². The average Bonchev–Trinajstić information content (AvgIpc) is 1.51. The van der Waals surface area contributed by atoms with Crippen molar-refractivity contribution in [3.05, 3.63) is 309 Å². The molecule has 27 aromatic rings. The van der Waals surface area contributed by atoms with Crippen molar-refractivity contribution in [2.24, 2.45) is 0 Å². The third kappa shape index (κ3) is 7.13. The molecule has 11 nitrogen and oxygen atoms in total. The molecule has 0 unspecified atom stereocenters. The summed E-state index contributed by atoms with van der Waals surface area (Å²) in [5.41, 5.74) is 20.4. The number of para-hydroxylation sites is 6. The fraction of sp³-hybridized carbons (Fsp3) is 0. The molecule has 109 heavy (non-hydrogen) atoms. The molecule has 27 rings (SSSR count). The lowest BCUT2D eigenvalue weighted by molar-refractivity contribution is 0.661. The van der Waals surface area contributed by atoms with E-state index in [1.165, 1.54) is 54.4 Å². The van der Waals surface area contributed by atoms with Crippen molar-refractivity contribution in [1.29, 1.82) is 0 Å². The Balaban J connectivity index is 0.725. The minimum absolute atomic E-state index is 0.560. The molecule has 0 bridgehead atoms. The number of furan rings is 2. The summed E-state index contributed by atoms with van der Waals surface area (Å²) in [5.74, 6) is 2.50. The first kappa shape index (κ1) is 56.5. The van der Waals surface area contributed by atoms with Gasteiger partial charge in [-0.2, -0.15) is 4.98 Å². The highest BCUT2D eigenvalue weighted by Crippen LogP contribution is 2.53. The summed E-state index contributed by atoms with van der Waals surface area (Å²) in [4.78, 5) is 22.9. The van der Waals surface area contributed by atoms with Crippen molar-refractivity contribution in [3.8, 4) is 40.1 Å². The standard InChI is InChI=1S/C98H51N9O2/c1-2-22-55-47-58(38-37-52(55)19-1)95-99-88-72-48-56(42-46-82(72)109-94(88)96(101-95)106-79-50-70-63-27-9-13-31-73(63)103-77-35-17-11-29-65(77)85(91(70)103)83(79)68-44-39-53-20-3-5-23-59(53)89(68)106)57-41-43-66-78(49-57)104-74-32-14-10-28-64(74)71-51-80-84(86(66)92(71)104)69-45-40-54-21-4-6-24-60(54)90(69)107(80)97-93-87(67-30-12-18-36-81(67)108-93)100-98(102-97)105-75-33-15-7-25-61(75)62-26-8-16-34-76(62)105/h1-51H. The van der Waals surface area contributed by atoms with Crippen molar-refractivity contribution < 1.29 is 8.83 Å². The Morgan fingerprint density at radius 1 is 0.220 bits per heavy atom. The molecule has 0 aliphatic heterocycles. The molecule has 11 aromatic heterocycles. The fourth-order valence-electron chi connectivity index (χ4n) is 19.6. The van der Waals surface area contributed by atoms with Crippen molar-refractivity contribution in [2.75, 3.05) is 0 Å². The van der Waals surface area contributed by atoms with Gasteiger partial charge in [-0.3, -0.25) is 13.7 Å². The highest BCUT2D eigenvalue weighted by molar-refractivity contribution is 6.39. The van der Waals surface area contributed by atoms with Crippen LogP contribution in [0.5, 0.6) is 0 Å². The van der Waals surface area contributed by atoms with Gasteiger partial charge in [0.15, 0.2) is 28.6 Å². The van der Waals surface area contributed by atoms with E-state index in [4.69, 9.17) is 28.8 Å². The van der Waals surface area contributed by atoms with Crippen LogP contribution in [0.4, 0.5) is 0 Å². The Morgan fingerprint density at radius 2 is 0.651 bits per heavy atom. The van der Waals surface area contributed by atoms with Crippen LogP contribution in [0.25, 0.3) is 258 Å². The molecule has 0 atom stereocenters. The van der Waals surface area contributed by atoms with Gasteiger partial charge in [-0.25, -0.2) is 15.0 Å². The average molecular weight is 1390 g/mol. The van der Waals surface area contributed by atoms with Gasteiger partial charge in [0.05, 0.1) is 66.2 Å². The van der Waals surface area contributed by atoms with Crippen LogP contribution in [0.1, 0.15) is 0 Å². The molecule has 0 saturated heterocycles. The summed E-state index contributed by atoms with van der Waals surface area (Å²) in [6.45, 7) is 0. The summed E-state index contributed by atoms with van der Waals surface area (Å²) in [6, 6.07) is 112. The third-order valence-electron chi connectivity index (χ3n) is 24.1. The van der Waals surface area contributed by atoms with Gasteiger partial charge in [0.2, 0.25) is 5.95 Å². The molecule has 0 radical (unpaired) electrons. The number of fused-ring (bicyclic) bond motifs is 34. The second-order valence-corrected chi connectivity index (χ2v) is 29.5. The predicted octanol–water partition coefficient (Wildman–Crippen LogP) is 25.5. The molecule has 500 valence electrons. The first-order valence-corrected chi connectivity index (χ1v) is 37.1. The third-order valence-corrected chi connectivity index (χ3v) is 24.1. The van der Waals surface area contributed by atoms with Gasteiger partial charge in [-0.15, -0.1) is 0 Å². The zero-order valence-corrected chi connectivity index (χ0v) is 57.8. The SMILES string of the molecule is c1ccc2cc(-c3nc(-n4c5cc6c7ccccc7n7c8ccccc8c(c5c5ccc8ccccc8c54)c67)c4oc5ccc(-c6ccc7c8c9c%10ccc%11ccccc%11c%10n(-c%10nc(-n%11c%12ccccc%12c%12ccccc%12%11)nc%11c%10oc%10ccccc%10%11)c9cc9c%10ccccc%10n(c7c6)c98)cc5c4n3)ccc2c1. The van der Waals surface area contributed by atoms with Gasteiger partial charge >= 0.3 is 0 Å². The maximum Gasteiger partial charge on any atom is 0.237 e. The fourth-order valence-corrected chi connectivity index (χ4v) is 19.6. The lowest BCUT2D eigenvalue weighted by Gasteiger charge is -2.13. The highest BCUT2D eigenvalue weighted by Gasteiger charge is 2.32. The smallest absolute Gasteiger partial charge is 0.237 e. The van der Waals surface area contributed by atoms with Crippen LogP contribution >= 0.6 is 0 Å². The quantitative estimate of drug-likeness (QED) is 0.170. The first-order valence-electron chi connectivity index (χ1n) is 37.1. The van der Waals surface area contributed by atoms with E-state index in [-0.39, 0.29) is 0 Å². The zero-order chi connectivity index (χ0) is 70.3. The summed E-state index contributed by atoms with van der Waals surface area (Å²) >= 11 is 0. The summed E-state index contributed by atoms with van der Waals surface area (Å²) < 4.78 is 26.5. The van der Waals surface area contributed by atoms with Crippen molar-refractivity contribution in [2.45, 2.75) is 0 Å². The molecular weight excluding hydrogens is 1340 g/mol. The molecule has 11 heterocycles. The molecule has 0 aliphatic rings. The summed E-state index contributed by atoms with van der Waals surface area (Å²) in [6.07, 6.45) is 0. The number of aromatic nitrogens is 9. The molecule has 11 heteroatoms. The number of benzene rings is 16. The van der Waals surface area contributed by atoms with Crippen LogP contribution in [0.15, 0.2) is 318 Å². The van der Waals surface area contributed by atoms with E-state index in [0.29, 0.717) is 34.6 Å². The minimum Gasteiger partial charge on any atom is -0.450 e. The number of hydrogen-bond acceptors (Lipinski definition) is 6. The molecule has 16 aromatic carbocycles.